The number of rotatable bonds is 6. The van der Waals surface area contributed by atoms with Crippen molar-refractivity contribution in [3.8, 4) is 16.9 Å². The fourth-order valence-corrected chi connectivity index (χ4v) is 5.73. The van der Waals surface area contributed by atoms with Gasteiger partial charge in [-0.3, -0.25) is 9.59 Å². The highest BCUT2D eigenvalue weighted by atomic mass is 16.5. The quantitative estimate of drug-likeness (QED) is 0.235. The van der Waals surface area contributed by atoms with Crippen molar-refractivity contribution in [1.82, 2.24) is 4.57 Å². The van der Waals surface area contributed by atoms with Gasteiger partial charge in [0.15, 0.2) is 0 Å². The Morgan fingerprint density at radius 3 is 2.33 bits per heavy atom. The van der Waals surface area contributed by atoms with E-state index in [0.29, 0.717) is 35.7 Å². The molecule has 0 unspecified atom stereocenters. The van der Waals surface area contributed by atoms with Gasteiger partial charge in [0.1, 0.15) is 5.75 Å². The molecule has 0 radical (unpaired) electrons. The van der Waals surface area contributed by atoms with Crippen molar-refractivity contribution in [2.45, 2.75) is 32.5 Å². The largest absolute Gasteiger partial charge is 0.495 e. The third-order valence-electron chi connectivity index (χ3n) is 7.86. The first kappa shape index (κ1) is 28.0. The van der Waals surface area contributed by atoms with Crippen LogP contribution in [0.5, 0.6) is 5.75 Å². The summed E-state index contributed by atoms with van der Waals surface area (Å²) in [5, 5.41) is 2.99. The number of aromatic nitrogens is 1. The average molecular weight is 571 g/mol. The Bertz CT molecular complexity index is 1820. The number of nitrogens with one attached hydrogen (secondary N) is 1. The van der Waals surface area contributed by atoms with Crippen LogP contribution in [0, 0.1) is 0 Å². The molecule has 2 amide bonds. The van der Waals surface area contributed by atoms with Crippen LogP contribution in [0.3, 0.4) is 0 Å². The van der Waals surface area contributed by atoms with Gasteiger partial charge in [-0.25, -0.2) is 0 Å². The lowest BCUT2D eigenvalue weighted by molar-refractivity contribution is 0.0983. The Hall–Kier alpha value is -5.14. The second kappa shape index (κ2) is 11.3. The van der Waals surface area contributed by atoms with Crippen LogP contribution in [0.4, 0.5) is 11.4 Å². The molecule has 0 aliphatic carbocycles. The molecule has 0 spiro atoms. The molecule has 2 heterocycles. The summed E-state index contributed by atoms with van der Waals surface area (Å²) < 4.78 is 7.87. The van der Waals surface area contributed by atoms with Gasteiger partial charge in [0.2, 0.25) is 0 Å². The number of hydrogen-bond donors (Lipinski definition) is 2. The standard InChI is InChI=1S/C36H34N4O3/c1-36(2,37)33-20-18-27-23-40(31-16-10-7-13-26(31)22-39(27)33)35(42)25-17-19-30(32(21-25)43-3)38-34(41)29-15-9-8-14-28(29)24-11-5-4-6-12-24/h4-21H,22-23,37H2,1-3H3,(H,38,41). The lowest BCUT2D eigenvalue weighted by atomic mass is 9.99. The maximum atomic E-state index is 14.1. The lowest BCUT2D eigenvalue weighted by Crippen LogP contribution is -2.32. The van der Waals surface area contributed by atoms with Crippen molar-refractivity contribution >= 4 is 23.2 Å². The number of anilines is 2. The zero-order valence-corrected chi connectivity index (χ0v) is 24.5. The summed E-state index contributed by atoms with van der Waals surface area (Å²) in [6, 6.07) is 34.4. The first-order valence-electron chi connectivity index (χ1n) is 14.3. The van der Waals surface area contributed by atoms with Gasteiger partial charge in [0.05, 0.1) is 24.9 Å². The fraction of sp³-hybridized carbons (Fsp3) is 0.167. The van der Waals surface area contributed by atoms with Crippen LogP contribution in [0.15, 0.2) is 109 Å². The third-order valence-corrected chi connectivity index (χ3v) is 7.86. The highest BCUT2D eigenvalue weighted by molar-refractivity contribution is 6.10. The van der Waals surface area contributed by atoms with Gasteiger partial charge in [0.25, 0.3) is 11.8 Å². The van der Waals surface area contributed by atoms with Gasteiger partial charge in [-0.15, -0.1) is 0 Å². The van der Waals surface area contributed by atoms with Crippen LogP contribution in [0.2, 0.25) is 0 Å². The average Bonchev–Trinajstić information content (AvgIpc) is 3.35. The smallest absolute Gasteiger partial charge is 0.258 e. The predicted molar refractivity (Wildman–Crippen MR) is 171 cm³/mol. The van der Waals surface area contributed by atoms with E-state index >= 15 is 0 Å². The number of methoxy groups -OCH3 is 1. The Morgan fingerprint density at radius 2 is 1.56 bits per heavy atom. The van der Waals surface area contributed by atoms with Crippen LogP contribution in [0.25, 0.3) is 11.1 Å². The van der Waals surface area contributed by atoms with E-state index in [1.807, 2.05) is 98.8 Å². The summed E-state index contributed by atoms with van der Waals surface area (Å²) in [6.07, 6.45) is 0. The van der Waals surface area contributed by atoms with Crippen LogP contribution >= 0.6 is 0 Å². The van der Waals surface area contributed by atoms with Crippen molar-refractivity contribution in [2.75, 3.05) is 17.3 Å². The molecule has 0 atom stereocenters. The minimum Gasteiger partial charge on any atom is -0.495 e. The molecule has 7 nitrogen and oxygen atoms in total. The topological polar surface area (TPSA) is 89.6 Å². The SMILES string of the molecule is COc1cc(C(=O)N2Cc3ccc(C(C)(C)N)n3Cc3ccccc32)ccc1NC(=O)c1ccccc1-c1ccccc1. The van der Waals surface area contributed by atoms with E-state index in [9.17, 15) is 9.59 Å². The molecule has 0 saturated carbocycles. The molecular formula is C36H34N4O3. The Morgan fingerprint density at radius 1 is 0.837 bits per heavy atom. The van der Waals surface area contributed by atoms with Gasteiger partial charge >= 0.3 is 0 Å². The number of fused-ring (bicyclic) bond motifs is 2. The lowest BCUT2D eigenvalue weighted by Gasteiger charge is -2.23. The highest BCUT2D eigenvalue weighted by Crippen LogP contribution is 2.34. The summed E-state index contributed by atoms with van der Waals surface area (Å²) in [4.78, 5) is 29.4. The Labute approximate surface area is 251 Å². The van der Waals surface area contributed by atoms with Crippen molar-refractivity contribution < 1.29 is 14.3 Å². The minimum absolute atomic E-state index is 0.166. The molecule has 4 aromatic carbocycles. The number of nitrogens with two attached hydrogens (primary N) is 1. The number of ether oxygens (including phenoxy) is 1. The second-order valence-electron chi connectivity index (χ2n) is 11.3. The van der Waals surface area contributed by atoms with Gasteiger partial charge < -0.3 is 25.3 Å². The van der Waals surface area contributed by atoms with Crippen LogP contribution in [0.1, 0.15) is 51.5 Å². The summed E-state index contributed by atoms with van der Waals surface area (Å²) in [5.41, 5.74) is 13.1. The summed E-state index contributed by atoms with van der Waals surface area (Å²) in [5.74, 6) is -0.0334. The molecular weight excluding hydrogens is 536 g/mol. The molecule has 216 valence electrons. The molecule has 6 rings (SSSR count). The van der Waals surface area contributed by atoms with Crippen LogP contribution in [-0.4, -0.2) is 23.5 Å². The van der Waals surface area contributed by atoms with Gasteiger partial charge in [0, 0.05) is 34.7 Å². The number of carbonyl (C=O) groups excluding carboxylic acids is 2. The maximum absolute atomic E-state index is 14.1. The third kappa shape index (κ3) is 5.43. The molecule has 43 heavy (non-hydrogen) atoms. The van der Waals surface area contributed by atoms with E-state index in [1.54, 1.807) is 29.2 Å². The van der Waals surface area contributed by atoms with E-state index in [2.05, 4.69) is 9.88 Å². The maximum Gasteiger partial charge on any atom is 0.258 e. The van der Waals surface area contributed by atoms with Crippen molar-refractivity contribution in [3.05, 3.63) is 137 Å². The molecule has 1 aliphatic rings. The van der Waals surface area contributed by atoms with Gasteiger partial charge in [-0.1, -0.05) is 66.7 Å². The Kier molecular flexibility index (Phi) is 7.34. The van der Waals surface area contributed by atoms with Gasteiger partial charge in [-0.2, -0.15) is 0 Å². The highest BCUT2D eigenvalue weighted by Gasteiger charge is 2.29. The van der Waals surface area contributed by atoms with Crippen LogP contribution < -0.4 is 20.7 Å². The number of amides is 2. The predicted octanol–water partition coefficient (Wildman–Crippen LogP) is 6.82. The zero-order chi connectivity index (χ0) is 30.1. The molecule has 0 fully saturated rings. The van der Waals surface area contributed by atoms with E-state index < -0.39 is 5.54 Å². The fourth-order valence-electron chi connectivity index (χ4n) is 5.73. The molecule has 1 aliphatic heterocycles. The van der Waals surface area contributed by atoms with E-state index in [4.69, 9.17) is 10.5 Å². The molecule has 1 aromatic heterocycles. The summed E-state index contributed by atoms with van der Waals surface area (Å²) >= 11 is 0. The summed E-state index contributed by atoms with van der Waals surface area (Å²) in [7, 11) is 1.53. The van der Waals surface area contributed by atoms with E-state index in [1.165, 1.54) is 7.11 Å². The molecule has 3 N–H and O–H groups in total. The number of carbonyl (C=O) groups is 2. The molecule has 5 aromatic rings. The van der Waals surface area contributed by atoms with E-state index in [-0.39, 0.29) is 11.8 Å². The second-order valence-corrected chi connectivity index (χ2v) is 11.3. The van der Waals surface area contributed by atoms with Crippen molar-refractivity contribution in [1.29, 1.82) is 0 Å². The number of para-hydroxylation sites is 1. The number of benzene rings is 4. The molecule has 7 heteroatoms. The number of nitrogens with zero attached hydrogens (tertiary/aromatic N) is 2. The Balaban J connectivity index is 1.31. The van der Waals surface area contributed by atoms with Crippen molar-refractivity contribution in [3.63, 3.8) is 0 Å². The zero-order valence-electron chi connectivity index (χ0n) is 24.5. The van der Waals surface area contributed by atoms with Gasteiger partial charge in [-0.05, 0) is 73.0 Å². The van der Waals surface area contributed by atoms with Crippen molar-refractivity contribution in [2.24, 2.45) is 5.73 Å². The first-order chi connectivity index (χ1) is 20.7. The summed E-state index contributed by atoms with van der Waals surface area (Å²) in [6.45, 7) is 4.99. The first-order valence-corrected chi connectivity index (χ1v) is 14.3. The minimum atomic E-state index is -0.526. The van der Waals surface area contributed by atoms with Crippen LogP contribution in [-0.2, 0) is 18.6 Å². The molecule has 0 bridgehead atoms. The van der Waals surface area contributed by atoms with E-state index in [0.717, 1.165) is 33.8 Å². The molecule has 0 saturated heterocycles. The number of hydrogen-bond acceptors (Lipinski definition) is 4. The monoisotopic (exact) mass is 570 g/mol. The normalized spacial score (nSPS) is 12.6.